The molecule has 2 rings (SSSR count). The fourth-order valence-electron chi connectivity index (χ4n) is 2.37. The molecule has 0 radical (unpaired) electrons. The first-order valence-electron chi connectivity index (χ1n) is 5.36. The van der Waals surface area contributed by atoms with Crippen LogP contribution >= 0.6 is 0 Å². The van der Waals surface area contributed by atoms with Crippen LogP contribution in [0.5, 0.6) is 0 Å². The minimum absolute atomic E-state index is 0.711. The fourth-order valence-corrected chi connectivity index (χ4v) is 2.37. The van der Waals surface area contributed by atoms with Crippen molar-refractivity contribution in [2.24, 2.45) is 5.92 Å². The maximum Gasteiger partial charge on any atom is 0.0469 e. The summed E-state index contributed by atoms with van der Waals surface area (Å²) in [6, 6.07) is 0.711. The Morgan fingerprint density at radius 2 is 2.08 bits per heavy atom. The molecule has 0 aromatic rings. The Hall–Kier alpha value is -0.120. The van der Waals surface area contributed by atoms with Gasteiger partial charge in [0.2, 0.25) is 0 Å². The lowest BCUT2D eigenvalue weighted by Crippen LogP contribution is -2.53. The van der Waals surface area contributed by atoms with E-state index in [2.05, 4.69) is 17.3 Å². The third kappa shape index (κ3) is 2.42. The van der Waals surface area contributed by atoms with Gasteiger partial charge in [-0.3, -0.25) is 0 Å². The zero-order chi connectivity index (χ0) is 9.10. The van der Waals surface area contributed by atoms with Gasteiger partial charge in [0.25, 0.3) is 0 Å². The van der Waals surface area contributed by atoms with E-state index in [1.807, 2.05) is 0 Å². The van der Waals surface area contributed by atoms with Crippen molar-refractivity contribution in [3.8, 4) is 0 Å². The summed E-state index contributed by atoms with van der Waals surface area (Å²) in [6.07, 6.45) is 2.48. The summed E-state index contributed by atoms with van der Waals surface area (Å²) in [5.74, 6) is 0.844. The number of rotatable bonds is 1. The molecule has 76 valence electrons. The standard InChI is InChI=1S/C10H20N2O/c1-12-5-4-11-10(8-12)9-2-6-13-7-3-9/h9-11H,2-8H2,1H3/t10-/m1/s1. The van der Waals surface area contributed by atoms with E-state index in [0.29, 0.717) is 6.04 Å². The van der Waals surface area contributed by atoms with Crippen LogP contribution in [-0.2, 0) is 4.74 Å². The maximum atomic E-state index is 5.38. The second-order valence-corrected chi connectivity index (χ2v) is 4.27. The van der Waals surface area contributed by atoms with Crippen molar-refractivity contribution in [3.63, 3.8) is 0 Å². The third-order valence-electron chi connectivity index (χ3n) is 3.24. The van der Waals surface area contributed by atoms with Crippen molar-refractivity contribution >= 4 is 0 Å². The number of likely N-dealkylation sites (N-methyl/N-ethyl adjacent to an activating group) is 1. The van der Waals surface area contributed by atoms with Gasteiger partial charge in [-0.25, -0.2) is 0 Å². The Labute approximate surface area is 80.4 Å². The summed E-state index contributed by atoms with van der Waals surface area (Å²) in [7, 11) is 2.22. The molecule has 0 spiro atoms. The molecule has 2 aliphatic heterocycles. The van der Waals surface area contributed by atoms with E-state index in [0.717, 1.165) is 25.7 Å². The molecule has 13 heavy (non-hydrogen) atoms. The molecule has 0 aliphatic carbocycles. The number of nitrogens with zero attached hydrogens (tertiary/aromatic N) is 1. The highest BCUT2D eigenvalue weighted by atomic mass is 16.5. The molecule has 0 amide bonds. The highest BCUT2D eigenvalue weighted by molar-refractivity contribution is 4.84. The molecule has 2 fully saturated rings. The third-order valence-corrected chi connectivity index (χ3v) is 3.24. The number of piperazine rings is 1. The molecule has 0 saturated carbocycles. The van der Waals surface area contributed by atoms with Gasteiger partial charge >= 0.3 is 0 Å². The summed E-state index contributed by atoms with van der Waals surface area (Å²) in [5, 5.41) is 3.62. The largest absolute Gasteiger partial charge is 0.381 e. The Morgan fingerprint density at radius 1 is 1.31 bits per heavy atom. The zero-order valence-electron chi connectivity index (χ0n) is 8.46. The Bertz CT molecular complexity index is 157. The van der Waals surface area contributed by atoms with E-state index in [-0.39, 0.29) is 0 Å². The lowest BCUT2D eigenvalue weighted by atomic mass is 9.90. The number of hydrogen-bond acceptors (Lipinski definition) is 3. The average molecular weight is 184 g/mol. The molecule has 0 unspecified atom stereocenters. The molecule has 1 atom stereocenters. The van der Waals surface area contributed by atoms with Gasteiger partial charge in [-0.05, 0) is 25.8 Å². The molecule has 3 heteroatoms. The lowest BCUT2D eigenvalue weighted by Gasteiger charge is -2.37. The quantitative estimate of drug-likeness (QED) is 0.635. The number of ether oxygens (including phenoxy) is 1. The summed E-state index contributed by atoms with van der Waals surface area (Å²) in [5.41, 5.74) is 0. The molecular weight excluding hydrogens is 164 g/mol. The first-order valence-corrected chi connectivity index (χ1v) is 5.36. The molecular formula is C10H20N2O. The zero-order valence-corrected chi connectivity index (χ0v) is 8.46. The van der Waals surface area contributed by atoms with E-state index in [9.17, 15) is 0 Å². The molecule has 2 aliphatic rings. The Balaban J connectivity index is 1.83. The smallest absolute Gasteiger partial charge is 0.0469 e. The maximum absolute atomic E-state index is 5.38. The summed E-state index contributed by atoms with van der Waals surface area (Å²) in [4.78, 5) is 2.43. The topological polar surface area (TPSA) is 24.5 Å². The normalized spacial score (nSPS) is 33.5. The van der Waals surface area contributed by atoms with Crippen molar-refractivity contribution in [3.05, 3.63) is 0 Å². The highest BCUT2D eigenvalue weighted by Crippen LogP contribution is 2.20. The summed E-state index contributed by atoms with van der Waals surface area (Å²) >= 11 is 0. The Morgan fingerprint density at radius 3 is 2.77 bits per heavy atom. The van der Waals surface area contributed by atoms with Crippen LogP contribution in [0.1, 0.15) is 12.8 Å². The summed E-state index contributed by atoms with van der Waals surface area (Å²) in [6.45, 7) is 5.49. The highest BCUT2D eigenvalue weighted by Gasteiger charge is 2.26. The summed E-state index contributed by atoms with van der Waals surface area (Å²) < 4.78 is 5.38. The SMILES string of the molecule is CN1CCN[C@@H](C2CCOCC2)C1. The second kappa shape index (κ2) is 4.40. The van der Waals surface area contributed by atoms with Crippen LogP contribution in [-0.4, -0.2) is 50.8 Å². The fraction of sp³-hybridized carbons (Fsp3) is 1.00. The minimum Gasteiger partial charge on any atom is -0.381 e. The van der Waals surface area contributed by atoms with Crippen LogP contribution in [0.4, 0.5) is 0 Å². The molecule has 3 nitrogen and oxygen atoms in total. The molecule has 0 aromatic carbocycles. The van der Waals surface area contributed by atoms with Crippen LogP contribution in [0.3, 0.4) is 0 Å². The van der Waals surface area contributed by atoms with Crippen LogP contribution in [0.25, 0.3) is 0 Å². The first kappa shape index (κ1) is 9.44. The number of hydrogen-bond donors (Lipinski definition) is 1. The van der Waals surface area contributed by atoms with E-state index >= 15 is 0 Å². The van der Waals surface area contributed by atoms with E-state index in [1.54, 1.807) is 0 Å². The van der Waals surface area contributed by atoms with Gasteiger partial charge in [0, 0.05) is 38.9 Å². The second-order valence-electron chi connectivity index (χ2n) is 4.27. The van der Waals surface area contributed by atoms with E-state index < -0.39 is 0 Å². The van der Waals surface area contributed by atoms with Crippen molar-refractivity contribution < 1.29 is 4.74 Å². The van der Waals surface area contributed by atoms with Gasteiger partial charge in [0.15, 0.2) is 0 Å². The van der Waals surface area contributed by atoms with Gasteiger partial charge in [0.05, 0.1) is 0 Å². The van der Waals surface area contributed by atoms with Crippen LogP contribution in [0, 0.1) is 5.92 Å². The Kier molecular flexibility index (Phi) is 3.19. The van der Waals surface area contributed by atoms with Crippen LogP contribution in [0.15, 0.2) is 0 Å². The van der Waals surface area contributed by atoms with E-state index in [4.69, 9.17) is 4.74 Å². The van der Waals surface area contributed by atoms with Gasteiger partial charge in [-0.1, -0.05) is 0 Å². The van der Waals surface area contributed by atoms with Gasteiger partial charge in [0.1, 0.15) is 0 Å². The predicted octanol–water partition coefficient (Wildman–Crippen LogP) is 0.317. The molecule has 0 bridgehead atoms. The average Bonchev–Trinajstić information content (AvgIpc) is 2.19. The van der Waals surface area contributed by atoms with Gasteiger partial charge in [-0.15, -0.1) is 0 Å². The molecule has 0 aromatic heterocycles. The van der Waals surface area contributed by atoms with Crippen molar-refractivity contribution in [1.82, 2.24) is 10.2 Å². The van der Waals surface area contributed by atoms with E-state index in [1.165, 1.54) is 25.9 Å². The van der Waals surface area contributed by atoms with Crippen LogP contribution in [0.2, 0.25) is 0 Å². The monoisotopic (exact) mass is 184 g/mol. The number of nitrogens with one attached hydrogen (secondary N) is 1. The van der Waals surface area contributed by atoms with Gasteiger partial charge in [-0.2, -0.15) is 0 Å². The molecule has 2 heterocycles. The van der Waals surface area contributed by atoms with Crippen molar-refractivity contribution in [2.75, 3.05) is 39.9 Å². The lowest BCUT2D eigenvalue weighted by molar-refractivity contribution is 0.0435. The minimum atomic E-state index is 0.711. The predicted molar refractivity (Wildman–Crippen MR) is 52.8 cm³/mol. The van der Waals surface area contributed by atoms with Crippen LogP contribution < -0.4 is 5.32 Å². The molecule has 2 saturated heterocycles. The van der Waals surface area contributed by atoms with Crippen molar-refractivity contribution in [1.29, 1.82) is 0 Å². The first-order chi connectivity index (χ1) is 6.36. The van der Waals surface area contributed by atoms with Gasteiger partial charge < -0.3 is 15.0 Å². The van der Waals surface area contributed by atoms with Crippen molar-refractivity contribution in [2.45, 2.75) is 18.9 Å². The molecule has 1 N–H and O–H groups in total.